The predicted octanol–water partition coefficient (Wildman–Crippen LogP) is 3.14. The molecular formula is C9H13FS2. The lowest BCUT2D eigenvalue weighted by Crippen LogP contribution is -1.95. The van der Waals surface area contributed by atoms with Gasteiger partial charge < -0.3 is 0 Å². The quantitative estimate of drug-likeness (QED) is 0.416. The van der Waals surface area contributed by atoms with E-state index in [0.29, 0.717) is 0 Å². The van der Waals surface area contributed by atoms with E-state index in [4.69, 9.17) is 0 Å². The highest BCUT2D eigenvalue weighted by molar-refractivity contribution is 9.16. The molecule has 12 heavy (non-hydrogen) atoms. The molecule has 0 aliphatic carbocycles. The number of hydrogen-bond acceptors (Lipinski definition) is 1. The van der Waals surface area contributed by atoms with Gasteiger partial charge in [0, 0.05) is 5.08 Å². The minimum absolute atomic E-state index is 0.104. The van der Waals surface area contributed by atoms with Gasteiger partial charge in [0.05, 0.1) is 0 Å². The summed E-state index contributed by atoms with van der Waals surface area (Å²) in [5, 5.41) is 1.22. The van der Waals surface area contributed by atoms with Crippen molar-refractivity contribution >= 4 is 19.0 Å². The highest BCUT2D eigenvalue weighted by Crippen LogP contribution is 2.94. The normalized spacial score (nSPS) is 27.1. The Morgan fingerprint density at radius 2 is 2.08 bits per heavy atom. The number of halogens is 1. The van der Waals surface area contributed by atoms with E-state index in [0.717, 1.165) is 0 Å². The first-order valence-corrected chi connectivity index (χ1v) is 8.82. The molecule has 0 amide bonds. The molecule has 0 radical (unpaired) electrons. The third-order valence-corrected chi connectivity index (χ3v) is 11.1. The van der Waals surface area contributed by atoms with Crippen molar-refractivity contribution in [3.63, 3.8) is 0 Å². The van der Waals surface area contributed by atoms with Crippen LogP contribution in [0.2, 0.25) is 0 Å². The third kappa shape index (κ3) is 1.25. The van der Waals surface area contributed by atoms with Crippen LogP contribution >= 0.6 is 19.0 Å². The van der Waals surface area contributed by atoms with Gasteiger partial charge in [-0.3, -0.25) is 0 Å². The van der Waals surface area contributed by atoms with Crippen molar-refractivity contribution in [2.75, 3.05) is 17.6 Å². The van der Waals surface area contributed by atoms with E-state index in [1.165, 1.54) is 16.0 Å². The highest BCUT2D eigenvalue weighted by atomic mass is 33.2. The second kappa shape index (κ2) is 2.20. The zero-order valence-corrected chi connectivity index (χ0v) is 8.96. The largest absolute Gasteiger partial charge is 0.221 e. The van der Waals surface area contributed by atoms with Crippen molar-refractivity contribution in [3.05, 3.63) is 30.1 Å². The van der Waals surface area contributed by atoms with E-state index in [-0.39, 0.29) is 5.82 Å². The molecule has 0 aromatic heterocycles. The van der Waals surface area contributed by atoms with Crippen LogP contribution in [0.1, 0.15) is 0 Å². The van der Waals surface area contributed by atoms with Crippen LogP contribution < -0.4 is 0 Å². The Kier molecular flexibility index (Phi) is 1.55. The van der Waals surface area contributed by atoms with E-state index < -0.39 is 8.19 Å². The van der Waals surface area contributed by atoms with Crippen LogP contribution in [0.5, 0.6) is 0 Å². The van der Waals surface area contributed by atoms with Gasteiger partial charge in [0.2, 0.25) is 0 Å². The first kappa shape index (κ1) is 8.45. The molecule has 0 unspecified atom stereocenters. The Bertz CT molecular complexity index is 325. The predicted molar refractivity (Wildman–Crippen MR) is 58.0 cm³/mol. The average molecular weight is 204 g/mol. The summed E-state index contributed by atoms with van der Waals surface area (Å²) >= 11 is 0. The molecule has 0 atom stereocenters. The van der Waals surface area contributed by atoms with E-state index >= 15 is 0 Å². The van der Waals surface area contributed by atoms with Gasteiger partial charge in [-0.15, -0.1) is 10.8 Å². The summed E-state index contributed by atoms with van der Waals surface area (Å²) < 4.78 is 12.9. The van der Waals surface area contributed by atoms with Crippen molar-refractivity contribution in [1.82, 2.24) is 0 Å². The van der Waals surface area contributed by atoms with Crippen molar-refractivity contribution in [1.29, 1.82) is 0 Å². The fourth-order valence-electron chi connectivity index (χ4n) is 1.20. The summed E-state index contributed by atoms with van der Waals surface area (Å²) in [6.45, 7) is 0. The topological polar surface area (TPSA) is 0 Å². The Balaban J connectivity index is 2.48. The van der Waals surface area contributed by atoms with Crippen LogP contribution in [0.15, 0.2) is 29.2 Å². The Morgan fingerprint density at radius 3 is 2.58 bits per heavy atom. The van der Waals surface area contributed by atoms with Crippen molar-refractivity contribution in [2.45, 2.75) is 4.90 Å². The van der Waals surface area contributed by atoms with E-state index in [1.54, 1.807) is 6.07 Å². The minimum atomic E-state index is -1.60. The van der Waals surface area contributed by atoms with Crippen LogP contribution in [0.4, 0.5) is 4.39 Å². The summed E-state index contributed by atoms with van der Waals surface area (Å²) in [6.07, 6.45) is 4.59. The fraction of sp³-hybridized carbons (Fsp3) is 0.333. The SMILES string of the molecule is C[SH]1(C)(c2cccc(F)c2)CS1. The number of rotatable bonds is 1. The van der Waals surface area contributed by atoms with Crippen LogP contribution in [0.25, 0.3) is 0 Å². The zero-order valence-electron chi connectivity index (χ0n) is 7.25. The monoisotopic (exact) mass is 204 g/mol. The van der Waals surface area contributed by atoms with E-state index in [9.17, 15) is 4.39 Å². The molecule has 3 heteroatoms. The highest BCUT2D eigenvalue weighted by Gasteiger charge is 2.46. The molecule has 1 aliphatic rings. The maximum absolute atomic E-state index is 12.9. The zero-order chi connectivity index (χ0) is 8.84. The number of hydrogen-bond donors (Lipinski definition) is 1. The lowest BCUT2D eigenvalue weighted by Gasteiger charge is -2.33. The van der Waals surface area contributed by atoms with Gasteiger partial charge >= 0.3 is 0 Å². The molecule has 1 heterocycles. The first-order chi connectivity index (χ1) is 5.50. The summed E-state index contributed by atoms with van der Waals surface area (Å²) in [7, 11) is 0.400. The van der Waals surface area contributed by atoms with Crippen LogP contribution in [-0.4, -0.2) is 17.6 Å². The van der Waals surface area contributed by atoms with E-state index in [1.807, 2.05) is 16.9 Å². The number of thiol groups is 1. The Morgan fingerprint density at radius 1 is 1.42 bits per heavy atom. The van der Waals surface area contributed by atoms with Gasteiger partial charge in [0.15, 0.2) is 0 Å². The van der Waals surface area contributed by atoms with Gasteiger partial charge in [0.25, 0.3) is 0 Å². The standard InChI is InChI=1S/C9H13FS2/c1-12(2,7-11-12)9-5-3-4-8(10)6-9/h3-6,12H,7H2,1-2H3. The molecule has 1 aliphatic heterocycles. The molecule has 0 bridgehead atoms. The molecular weight excluding hydrogens is 191 g/mol. The molecule has 2 rings (SSSR count). The average Bonchev–Trinajstić information content (AvgIpc) is 2.65. The summed E-state index contributed by atoms with van der Waals surface area (Å²) in [4.78, 5) is 1.23. The van der Waals surface area contributed by atoms with Gasteiger partial charge in [0.1, 0.15) is 5.82 Å². The van der Waals surface area contributed by atoms with E-state index in [2.05, 4.69) is 18.6 Å². The molecule has 1 fully saturated rings. The minimum Gasteiger partial charge on any atom is -0.221 e. The molecule has 0 N–H and O–H groups in total. The van der Waals surface area contributed by atoms with Crippen LogP contribution in [-0.2, 0) is 0 Å². The Hall–Kier alpha value is -0.150. The van der Waals surface area contributed by atoms with Gasteiger partial charge in [-0.2, -0.15) is 0 Å². The first-order valence-electron chi connectivity index (χ1n) is 3.92. The van der Waals surface area contributed by atoms with Crippen molar-refractivity contribution in [2.24, 2.45) is 0 Å². The molecule has 1 aromatic rings. The lowest BCUT2D eigenvalue weighted by molar-refractivity contribution is 0.624. The molecule has 68 valence electrons. The van der Waals surface area contributed by atoms with Crippen LogP contribution in [0.3, 0.4) is 0 Å². The van der Waals surface area contributed by atoms with Gasteiger partial charge in [-0.1, -0.05) is 12.1 Å². The maximum Gasteiger partial charge on any atom is 0.124 e. The van der Waals surface area contributed by atoms with Gasteiger partial charge in [-0.25, -0.2) is 12.6 Å². The molecule has 1 aromatic carbocycles. The molecule has 1 saturated heterocycles. The van der Waals surface area contributed by atoms with Crippen LogP contribution in [0, 0.1) is 5.82 Å². The third-order valence-electron chi connectivity index (χ3n) is 2.39. The van der Waals surface area contributed by atoms with Gasteiger partial charge in [-0.05, 0) is 29.5 Å². The number of benzene rings is 1. The summed E-state index contributed by atoms with van der Waals surface area (Å²) in [6, 6.07) is 7.07. The summed E-state index contributed by atoms with van der Waals surface area (Å²) in [5.41, 5.74) is 0. The summed E-state index contributed by atoms with van der Waals surface area (Å²) in [5.74, 6) is -0.104. The maximum atomic E-state index is 12.9. The van der Waals surface area contributed by atoms with Crippen molar-refractivity contribution in [3.8, 4) is 0 Å². The smallest absolute Gasteiger partial charge is 0.124 e. The molecule has 0 saturated carbocycles. The fourth-order valence-corrected chi connectivity index (χ4v) is 7.56. The second-order valence-corrected chi connectivity index (χ2v) is 14.6. The molecule has 0 nitrogen and oxygen atoms in total. The molecule has 0 spiro atoms. The Labute approximate surface area is 76.2 Å². The second-order valence-electron chi connectivity index (χ2n) is 4.01. The van der Waals surface area contributed by atoms with Crippen molar-refractivity contribution < 1.29 is 4.39 Å². The lowest BCUT2D eigenvalue weighted by atomic mass is 10.4.